The fourth-order valence-electron chi connectivity index (χ4n) is 2.74. The molecule has 0 heterocycles. The number of sulfonamides is 1. The molecule has 8 heteroatoms. The van der Waals surface area contributed by atoms with Crippen molar-refractivity contribution < 1.29 is 12.8 Å². The minimum absolute atomic E-state index is 0. The lowest BCUT2D eigenvalue weighted by molar-refractivity contribution is 0.296. The molecule has 126 valence electrons. The third kappa shape index (κ3) is 4.32. The van der Waals surface area contributed by atoms with Gasteiger partial charge in [-0.3, -0.25) is 0 Å². The second-order valence-corrected chi connectivity index (χ2v) is 7.63. The maximum Gasteiger partial charge on any atom is 0.242 e. The van der Waals surface area contributed by atoms with Crippen molar-refractivity contribution in [2.45, 2.75) is 43.5 Å². The Bertz CT molecular complexity index is 626. The van der Waals surface area contributed by atoms with Crippen molar-refractivity contribution >= 4 is 34.0 Å². The Kier molecular flexibility index (Phi) is 7.08. The van der Waals surface area contributed by atoms with Gasteiger partial charge in [0.1, 0.15) is 10.7 Å². The maximum atomic E-state index is 13.4. The monoisotopic (exact) mass is 370 g/mol. The molecule has 4 nitrogen and oxygen atoms in total. The van der Waals surface area contributed by atoms with Crippen LogP contribution < -0.4 is 10.5 Å². The fraction of sp³-hybridized carbons (Fsp3) is 0.571. The number of benzene rings is 1. The largest absolute Gasteiger partial charge is 0.330 e. The van der Waals surface area contributed by atoms with Gasteiger partial charge in [0.05, 0.1) is 5.02 Å². The van der Waals surface area contributed by atoms with Crippen LogP contribution in [-0.2, 0) is 10.0 Å². The number of hydrogen-bond donors (Lipinski definition) is 2. The van der Waals surface area contributed by atoms with Crippen LogP contribution in [-0.4, -0.2) is 21.0 Å². The first kappa shape index (κ1) is 19.6. The van der Waals surface area contributed by atoms with Gasteiger partial charge in [-0.25, -0.2) is 17.5 Å². The van der Waals surface area contributed by atoms with Crippen LogP contribution in [0.2, 0.25) is 5.02 Å². The normalized spacial score (nSPS) is 22.2. The van der Waals surface area contributed by atoms with Gasteiger partial charge < -0.3 is 5.73 Å². The molecule has 2 rings (SSSR count). The minimum atomic E-state index is -3.78. The first-order valence-electron chi connectivity index (χ1n) is 7.03. The van der Waals surface area contributed by atoms with Crippen molar-refractivity contribution in [2.24, 2.45) is 11.7 Å². The van der Waals surface area contributed by atoms with Crippen molar-refractivity contribution in [3.63, 3.8) is 0 Å². The SMILES string of the molecule is Cc1cc(S(=O)(=O)NC2CCCCC2CN)c(Cl)cc1F.Cl. The molecule has 2 unspecified atom stereocenters. The molecule has 1 saturated carbocycles. The standard InChI is InChI=1S/C14H20ClFN2O2S.ClH/c1-9-6-14(11(15)7-12(9)16)21(19,20)18-13-5-3-2-4-10(13)8-17;/h6-7,10,13,18H,2-5,8,17H2,1H3;1H. The van der Waals surface area contributed by atoms with Crippen LogP contribution in [0, 0.1) is 18.7 Å². The molecule has 0 saturated heterocycles. The zero-order valence-corrected chi connectivity index (χ0v) is 14.7. The second kappa shape index (κ2) is 7.93. The first-order chi connectivity index (χ1) is 9.85. The Hall–Kier alpha value is -0.400. The van der Waals surface area contributed by atoms with Crippen molar-refractivity contribution in [3.8, 4) is 0 Å². The molecule has 2 atom stereocenters. The van der Waals surface area contributed by atoms with Crippen molar-refractivity contribution in [3.05, 3.63) is 28.5 Å². The molecule has 1 aliphatic rings. The predicted octanol–water partition coefficient (Wildman–Crippen LogP) is 3.01. The van der Waals surface area contributed by atoms with Gasteiger partial charge in [0.15, 0.2) is 0 Å². The lowest BCUT2D eigenvalue weighted by Gasteiger charge is -2.31. The number of rotatable bonds is 4. The summed E-state index contributed by atoms with van der Waals surface area (Å²) in [6.07, 6.45) is 3.72. The molecule has 22 heavy (non-hydrogen) atoms. The smallest absolute Gasteiger partial charge is 0.242 e. The van der Waals surface area contributed by atoms with Gasteiger partial charge in [-0.2, -0.15) is 0 Å². The predicted molar refractivity (Wildman–Crippen MR) is 88.5 cm³/mol. The van der Waals surface area contributed by atoms with Gasteiger partial charge in [-0.1, -0.05) is 24.4 Å². The van der Waals surface area contributed by atoms with E-state index < -0.39 is 15.8 Å². The molecule has 1 fully saturated rings. The Morgan fingerprint density at radius 1 is 1.36 bits per heavy atom. The van der Waals surface area contributed by atoms with E-state index in [1.54, 1.807) is 0 Å². The zero-order chi connectivity index (χ0) is 15.6. The highest BCUT2D eigenvalue weighted by Gasteiger charge is 2.30. The third-order valence-corrected chi connectivity index (χ3v) is 5.98. The summed E-state index contributed by atoms with van der Waals surface area (Å²) in [5, 5.41) is -0.106. The molecule has 0 aliphatic heterocycles. The Labute approximate surface area is 142 Å². The van der Waals surface area contributed by atoms with E-state index in [0.717, 1.165) is 31.7 Å². The summed E-state index contributed by atoms with van der Waals surface area (Å²) < 4.78 is 41.1. The van der Waals surface area contributed by atoms with Crippen LogP contribution in [0.25, 0.3) is 0 Å². The average Bonchev–Trinajstić information content (AvgIpc) is 2.43. The lowest BCUT2D eigenvalue weighted by atomic mass is 9.85. The van der Waals surface area contributed by atoms with Crippen molar-refractivity contribution in [1.29, 1.82) is 0 Å². The second-order valence-electron chi connectivity index (χ2n) is 5.54. The van der Waals surface area contributed by atoms with Gasteiger partial charge in [-0.15, -0.1) is 12.4 Å². The summed E-state index contributed by atoms with van der Waals surface area (Å²) in [6, 6.07) is 2.11. The van der Waals surface area contributed by atoms with E-state index in [-0.39, 0.29) is 39.8 Å². The van der Waals surface area contributed by atoms with Crippen LogP contribution in [0.5, 0.6) is 0 Å². The molecule has 1 aromatic carbocycles. The number of halogens is 3. The van der Waals surface area contributed by atoms with Gasteiger partial charge >= 0.3 is 0 Å². The summed E-state index contributed by atoms with van der Waals surface area (Å²) >= 11 is 5.89. The summed E-state index contributed by atoms with van der Waals surface area (Å²) in [4.78, 5) is -0.0792. The minimum Gasteiger partial charge on any atom is -0.330 e. The van der Waals surface area contributed by atoms with E-state index in [9.17, 15) is 12.8 Å². The topological polar surface area (TPSA) is 72.2 Å². The molecule has 0 amide bonds. The Morgan fingerprint density at radius 3 is 2.64 bits per heavy atom. The lowest BCUT2D eigenvalue weighted by Crippen LogP contribution is -2.44. The van der Waals surface area contributed by atoms with Crippen molar-refractivity contribution in [1.82, 2.24) is 4.72 Å². The molecule has 0 aromatic heterocycles. The fourth-order valence-corrected chi connectivity index (χ4v) is 4.68. The molecule has 0 radical (unpaired) electrons. The molecular formula is C14H21Cl2FN2O2S. The Balaban J connectivity index is 0.00000242. The van der Waals surface area contributed by atoms with E-state index in [1.807, 2.05) is 0 Å². The molecule has 1 aromatic rings. The van der Waals surface area contributed by atoms with Gasteiger partial charge in [0.2, 0.25) is 10.0 Å². The maximum absolute atomic E-state index is 13.4. The number of nitrogens with one attached hydrogen (secondary N) is 1. The quantitative estimate of drug-likeness (QED) is 0.855. The van der Waals surface area contributed by atoms with Crippen LogP contribution in [0.15, 0.2) is 17.0 Å². The van der Waals surface area contributed by atoms with Gasteiger partial charge in [0, 0.05) is 6.04 Å². The molecule has 1 aliphatic carbocycles. The van der Waals surface area contributed by atoms with Crippen molar-refractivity contribution in [2.75, 3.05) is 6.54 Å². The van der Waals surface area contributed by atoms with Crippen LogP contribution >= 0.6 is 24.0 Å². The van der Waals surface area contributed by atoms with Gasteiger partial charge in [-0.05, 0) is 49.9 Å². The van der Waals surface area contributed by atoms with E-state index in [0.29, 0.717) is 6.54 Å². The molecule has 0 bridgehead atoms. The summed E-state index contributed by atoms with van der Waals surface area (Å²) in [6.45, 7) is 1.96. The molecule has 3 N–H and O–H groups in total. The number of aryl methyl sites for hydroxylation is 1. The average molecular weight is 371 g/mol. The Morgan fingerprint density at radius 2 is 2.00 bits per heavy atom. The van der Waals surface area contributed by atoms with Crippen LogP contribution in [0.3, 0.4) is 0 Å². The highest BCUT2D eigenvalue weighted by atomic mass is 35.5. The van der Waals surface area contributed by atoms with Crippen LogP contribution in [0.4, 0.5) is 4.39 Å². The van der Waals surface area contributed by atoms with Gasteiger partial charge in [0.25, 0.3) is 0 Å². The molecule has 0 spiro atoms. The van der Waals surface area contributed by atoms with E-state index in [2.05, 4.69) is 4.72 Å². The number of nitrogens with two attached hydrogens (primary N) is 1. The number of hydrogen-bond acceptors (Lipinski definition) is 3. The zero-order valence-electron chi connectivity index (χ0n) is 12.3. The van der Waals surface area contributed by atoms with E-state index in [1.165, 1.54) is 13.0 Å². The first-order valence-corrected chi connectivity index (χ1v) is 8.89. The highest BCUT2D eigenvalue weighted by Crippen LogP contribution is 2.28. The molecular weight excluding hydrogens is 350 g/mol. The van der Waals surface area contributed by atoms with Crippen LogP contribution in [0.1, 0.15) is 31.2 Å². The van der Waals surface area contributed by atoms with E-state index in [4.69, 9.17) is 17.3 Å². The highest BCUT2D eigenvalue weighted by molar-refractivity contribution is 7.89. The third-order valence-electron chi connectivity index (χ3n) is 4.02. The van der Waals surface area contributed by atoms with E-state index >= 15 is 0 Å². The summed E-state index contributed by atoms with van der Waals surface area (Å²) in [5.41, 5.74) is 5.96. The summed E-state index contributed by atoms with van der Waals surface area (Å²) in [7, 11) is -3.78. The summed E-state index contributed by atoms with van der Waals surface area (Å²) in [5.74, 6) is -0.384.